The van der Waals surface area contributed by atoms with Crippen molar-refractivity contribution >= 4 is 17.7 Å². The zero-order valence-corrected chi connectivity index (χ0v) is 14.5. The van der Waals surface area contributed by atoms with Gasteiger partial charge in [-0.3, -0.25) is 4.79 Å². The number of imidazole rings is 1. The summed E-state index contributed by atoms with van der Waals surface area (Å²) in [5, 5.41) is 0. The molecular weight excluding hydrogens is 306 g/mol. The van der Waals surface area contributed by atoms with E-state index in [0.717, 1.165) is 31.0 Å². The standard InChI is InChI=1S/C18H23N3OS/c1-13-5-6-15(12-14(13)2)23-11-7-17(22)21-10-3-4-16(21)18-19-8-9-20-18/h5-6,8-9,12,16H,3-4,7,10-11H2,1-2H3,(H,19,20)/t16-/m0/s1. The lowest BCUT2D eigenvalue weighted by atomic mass is 10.1. The molecule has 4 nitrogen and oxygen atoms in total. The summed E-state index contributed by atoms with van der Waals surface area (Å²) in [4.78, 5) is 23.2. The van der Waals surface area contributed by atoms with E-state index in [1.54, 1.807) is 18.0 Å². The van der Waals surface area contributed by atoms with Crippen LogP contribution in [0.15, 0.2) is 35.5 Å². The number of nitrogens with one attached hydrogen (secondary N) is 1. The molecular formula is C18H23N3OS. The summed E-state index contributed by atoms with van der Waals surface area (Å²) in [5.74, 6) is 1.97. The molecule has 1 amide bonds. The van der Waals surface area contributed by atoms with Gasteiger partial charge in [-0.1, -0.05) is 6.07 Å². The second kappa shape index (κ2) is 7.21. The normalized spacial score (nSPS) is 17.7. The highest BCUT2D eigenvalue weighted by molar-refractivity contribution is 7.99. The number of carbonyl (C=O) groups excluding carboxylic acids is 1. The van der Waals surface area contributed by atoms with Crippen LogP contribution in [-0.2, 0) is 4.79 Å². The number of aromatic amines is 1. The molecule has 1 fully saturated rings. The summed E-state index contributed by atoms with van der Waals surface area (Å²) in [6.45, 7) is 5.09. The molecule has 1 saturated heterocycles. The number of benzene rings is 1. The molecule has 0 radical (unpaired) electrons. The van der Waals surface area contributed by atoms with Crippen LogP contribution in [0.4, 0.5) is 0 Å². The Morgan fingerprint density at radius 3 is 3.00 bits per heavy atom. The quantitative estimate of drug-likeness (QED) is 0.847. The highest BCUT2D eigenvalue weighted by atomic mass is 32.2. The summed E-state index contributed by atoms with van der Waals surface area (Å²) in [5.41, 5.74) is 2.61. The van der Waals surface area contributed by atoms with Crippen LogP contribution in [-0.4, -0.2) is 33.1 Å². The maximum atomic E-state index is 12.5. The van der Waals surface area contributed by atoms with Gasteiger partial charge in [0.1, 0.15) is 5.82 Å². The number of aryl methyl sites for hydroxylation is 2. The Bertz CT molecular complexity index is 669. The van der Waals surface area contributed by atoms with Crippen molar-refractivity contribution in [3.8, 4) is 0 Å². The van der Waals surface area contributed by atoms with Crippen LogP contribution in [0.2, 0.25) is 0 Å². The van der Waals surface area contributed by atoms with Crippen LogP contribution in [0.1, 0.15) is 42.3 Å². The molecule has 1 aliphatic rings. The van der Waals surface area contributed by atoms with Crippen molar-refractivity contribution in [1.82, 2.24) is 14.9 Å². The number of hydrogen-bond acceptors (Lipinski definition) is 3. The Labute approximate surface area is 141 Å². The number of nitrogens with zero attached hydrogens (tertiary/aromatic N) is 2. The Balaban J connectivity index is 1.53. The first-order valence-electron chi connectivity index (χ1n) is 8.14. The van der Waals surface area contributed by atoms with Gasteiger partial charge >= 0.3 is 0 Å². The Morgan fingerprint density at radius 1 is 1.39 bits per heavy atom. The molecule has 2 aromatic rings. The molecule has 0 spiro atoms. The van der Waals surface area contributed by atoms with Gasteiger partial charge in [0, 0.05) is 36.0 Å². The zero-order valence-electron chi connectivity index (χ0n) is 13.7. The van der Waals surface area contributed by atoms with E-state index in [-0.39, 0.29) is 11.9 Å². The van der Waals surface area contributed by atoms with E-state index in [1.807, 2.05) is 11.1 Å². The highest BCUT2D eigenvalue weighted by Crippen LogP contribution is 2.31. The van der Waals surface area contributed by atoms with E-state index < -0.39 is 0 Å². The molecule has 0 bridgehead atoms. The van der Waals surface area contributed by atoms with Crippen molar-refractivity contribution in [3.05, 3.63) is 47.5 Å². The third-order valence-electron chi connectivity index (χ3n) is 4.47. The van der Waals surface area contributed by atoms with Gasteiger partial charge in [-0.2, -0.15) is 0 Å². The van der Waals surface area contributed by atoms with Crippen molar-refractivity contribution in [2.24, 2.45) is 0 Å². The minimum absolute atomic E-state index is 0.129. The van der Waals surface area contributed by atoms with E-state index in [4.69, 9.17) is 0 Å². The fourth-order valence-corrected chi connectivity index (χ4v) is 3.95. The Hall–Kier alpha value is -1.75. The molecule has 1 N–H and O–H groups in total. The molecule has 3 rings (SSSR count). The molecule has 5 heteroatoms. The van der Waals surface area contributed by atoms with Gasteiger partial charge in [-0.25, -0.2) is 4.98 Å². The number of carbonyl (C=O) groups is 1. The van der Waals surface area contributed by atoms with Crippen LogP contribution in [0.3, 0.4) is 0 Å². The molecule has 2 heterocycles. The summed E-state index contributed by atoms with van der Waals surface area (Å²) in [7, 11) is 0. The smallest absolute Gasteiger partial charge is 0.224 e. The largest absolute Gasteiger partial charge is 0.347 e. The zero-order chi connectivity index (χ0) is 16.2. The van der Waals surface area contributed by atoms with E-state index >= 15 is 0 Å². The minimum Gasteiger partial charge on any atom is -0.347 e. The summed E-state index contributed by atoms with van der Waals surface area (Å²) in [6.07, 6.45) is 6.22. The number of aromatic nitrogens is 2. The Morgan fingerprint density at radius 2 is 2.26 bits per heavy atom. The predicted octanol–water partition coefficient (Wildman–Crippen LogP) is 3.87. The second-order valence-electron chi connectivity index (χ2n) is 6.06. The molecule has 1 atom stereocenters. The molecule has 0 saturated carbocycles. The van der Waals surface area contributed by atoms with Crippen LogP contribution >= 0.6 is 11.8 Å². The topological polar surface area (TPSA) is 49.0 Å². The van der Waals surface area contributed by atoms with Gasteiger partial charge in [0.2, 0.25) is 5.91 Å². The van der Waals surface area contributed by atoms with Crippen molar-refractivity contribution in [2.45, 2.75) is 44.0 Å². The van der Waals surface area contributed by atoms with Gasteiger partial charge in [-0.15, -0.1) is 11.8 Å². The molecule has 122 valence electrons. The third kappa shape index (κ3) is 3.78. The molecule has 1 aliphatic heterocycles. The van der Waals surface area contributed by atoms with E-state index in [1.165, 1.54) is 16.0 Å². The van der Waals surface area contributed by atoms with Crippen molar-refractivity contribution in [2.75, 3.05) is 12.3 Å². The van der Waals surface area contributed by atoms with Gasteiger partial charge in [0.25, 0.3) is 0 Å². The average Bonchev–Trinajstić information content (AvgIpc) is 3.20. The van der Waals surface area contributed by atoms with E-state index in [0.29, 0.717) is 6.42 Å². The van der Waals surface area contributed by atoms with Gasteiger partial charge in [0.15, 0.2) is 0 Å². The van der Waals surface area contributed by atoms with Gasteiger partial charge in [-0.05, 0) is 49.9 Å². The van der Waals surface area contributed by atoms with Crippen LogP contribution in [0, 0.1) is 13.8 Å². The first kappa shape index (κ1) is 16.1. The molecule has 0 unspecified atom stereocenters. The van der Waals surface area contributed by atoms with Crippen molar-refractivity contribution in [1.29, 1.82) is 0 Å². The number of rotatable bonds is 5. The third-order valence-corrected chi connectivity index (χ3v) is 5.47. The molecule has 1 aromatic carbocycles. The lowest BCUT2D eigenvalue weighted by Gasteiger charge is -2.23. The number of H-pyrrole nitrogens is 1. The SMILES string of the molecule is Cc1ccc(SCCC(=O)N2CCC[C@H]2c2ncc[nH]2)cc1C. The average molecular weight is 329 g/mol. The molecule has 0 aliphatic carbocycles. The first-order valence-corrected chi connectivity index (χ1v) is 9.12. The van der Waals surface area contributed by atoms with E-state index in [2.05, 4.69) is 42.0 Å². The molecule has 23 heavy (non-hydrogen) atoms. The van der Waals surface area contributed by atoms with Crippen molar-refractivity contribution < 1.29 is 4.79 Å². The number of thioether (sulfide) groups is 1. The van der Waals surface area contributed by atoms with Crippen molar-refractivity contribution in [3.63, 3.8) is 0 Å². The van der Waals surface area contributed by atoms with Gasteiger partial charge in [0.05, 0.1) is 6.04 Å². The fraction of sp³-hybridized carbons (Fsp3) is 0.444. The Kier molecular flexibility index (Phi) is 5.06. The maximum absolute atomic E-state index is 12.5. The predicted molar refractivity (Wildman–Crippen MR) is 93.5 cm³/mol. The fourth-order valence-electron chi connectivity index (χ4n) is 3.01. The number of amides is 1. The number of likely N-dealkylation sites (tertiary alicyclic amines) is 1. The first-order chi connectivity index (χ1) is 11.1. The van der Waals surface area contributed by atoms with Gasteiger partial charge < -0.3 is 9.88 Å². The monoisotopic (exact) mass is 329 g/mol. The highest BCUT2D eigenvalue weighted by Gasteiger charge is 2.30. The summed E-state index contributed by atoms with van der Waals surface area (Å²) < 4.78 is 0. The molecule has 1 aromatic heterocycles. The van der Waals surface area contributed by atoms with Crippen LogP contribution in [0.25, 0.3) is 0 Å². The maximum Gasteiger partial charge on any atom is 0.224 e. The lowest BCUT2D eigenvalue weighted by molar-refractivity contribution is -0.131. The lowest BCUT2D eigenvalue weighted by Crippen LogP contribution is -2.31. The second-order valence-corrected chi connectivity index (χ2v) is 7.23. The summed E-state index contributed by atoms with van der Waals surface area (Å²) in [6, 6.07) is 6.61. The minimum atomic E-state index is 0.129. The van der Waals surface area contributed by atoms with Crippen LogP contribution in [0.5, 0.6) is 0 Å². The van der Waals surface area contributed by atoms with E-state index in [9.17, 15) is 4.79 Å². The van der Waals surface area contributed by atoms with Crippen LogP contribution < -0.4 is 0 Å². The summed E-state index contributed by atoms with van der Waals surface area (Å²) >= 11 is 1.76. The number of hydrogen-bond donors (Lipinski definition) is 1.